The minimum absolute atomic E-state index is 0.00172. The van der Waals surface area contributed by atoms with E-state index in [9.17, 15) is 14.9 Å². The Labute approximate surface area is 134 Å². The maximum absolute atomic E-state index is 12.3. The molecular weight excluding hydrogens is 280 g/mol. The van der Waals surface area contributed by atoms with Crippen LogP contribution in [0.25, 0.3) is 0 Å². The molecule has 2 amide bonds. The van der Waals surface area contributed by atoms with Gasteiger partial charge in [0.05, 0.1) is 13.1 Å². The molecule has 3 N–H and O–H groups in total. The summed E-state index contributed by atoms with van der Waals surface area (Å²) in [6.45, 7) is 13.2. The molecule has 0 saturated carbocycles. The molecule has 126 valence electrons. The molecule has 0 aliphatic rings. The fourth-order valence-corrected chi connectivity index (χ4v) is 1.76. The van der Waals surface area contributed by atoms with Crippen LogP contribution in [-0.2, 0) is 9.59 Å². The van der Waals surface area contributed by atoms with Crippen molar-refractivity contribution in [3.63, 3.8) is 0 Å². The van der Waals surface area contributed by atoms with Crippen molar-refractivity contribution in [2.45, 2.75) is 65.6 Å². The summed E-state index contributed by atoms with van der Waals surface area (Å²) in [6.07, 6.45) is 0. The molecule has 0 aromatic rings. The molecule has 0 aliphatic carbocycles. The van der Waals surface area contributed by atoms with E-state index in [-0.39, 0.29) is 29.8 Å². The van der Waals surface area contributed by atoms with Gasteiger partial charge in [-0.2, -0.15) is 5.26 Å². The second-order valence-corrected chi connectivity index (χ2v) is 7.50. The monoisotopic (exact) mass is 311 g/mol. The number of amides is 2. The minimum atomic E-state index is -0.903. The van der Waals surface area contributed by atoms with Crippen LogP contribution in [0.3, 0.4) is 0 Å². The summed E-state index contributed by atoms with van der Waals surface area (Å²) in [5.74, 6) is -0.325. The van der Waals surface area contributed by atoms with E-state index < -0.39 is 11.6 Å². The number of carbonyl (C=O) groups excluding carboxylic acids is 2. The summed E-state index contributed by atoms with van der Waals surface area (Å²) in [6, 6.07) is 1.73. The van der Waals surface area contributed by atoms with Gasteiger partial charge in [-0.15, -0.1) is 0 Å². The van der Waals surface area contributed by atoms with Crippen molar-refractivity contribution in [2.75, 3.05) is 13.6 Å². The van der Waals surface area contributed by atoms with Gasteiger partial charge in [0.1, 0.15) is 5.54 Å². The number of nitriles is 1. The van der Waals surface area contributed by atoms with Crippen molar-refractivity contribution < 1.29 is 14.5 Å². The van der Waals surface area contributed by atoms with Gasteiger partial charge in [-0.3, -0.25) is 9.59 Å². The molecule has 3 atom stereocenters. The fraction of sp³-hybridized carbons (Fsp3) is 0.812. The van der Waals surface area contributed by atoms with Crippen LogP contribution in [0.15, 0.2) is 0 Å². The highest BCUT2D eigenvalue weighted by atomic mass is 16.2. The van der Waals surface area contributed by atoms with Gasteiger partial charge in [-0.25, -0.2) is 0 Å². The zero-order valence-electron chi connectivity index (χ0n) is 15.1. The molecule has 6 nitrogen and oxygen atoms in total. The number of hydrogen-bond acceptors (Lipinski definition) is 3. The fourth-order valence-electron chi connectivity index (χ4n) is 1.76. The molecule has 0 bridgehead atoms. The summed E-state index contributed by atoms with van der Waals surface area (Å²) < 4.78 is 0. The first-order chi connectivity index (χ1) is 9.82. The number of nitrogens with zero attached hydrogens (tertiary/aromatic N) is 1. The summed E-state index contributed by atoms with van der Waals surface area (Å²) >= 11 is 0. The molecule has 0 radical (unpaired) electrons. The van der Waals surface area contributed by atoms with Crippen LogP contribution >= 0.6 is 0 Å². The molecule has 0 aromatic heterocycles. The van der Waals surface area contributed by atoms with Crippen LogP contribution in [0.2, 0.25) is 0 Å². The smallest absolute Gasteiger partial charge is 0.279 e. The average molecular weight is 311 g/mol. The van der Waals surface area contributed by atoms with E-state index in [4.69, 9.17) is 0 Å². The molecule has 22 heavy (non-hydrogen) atoms. The Kier molecular flexibility index (Phi) is 7.04. The zero-order chi connectivity index (χ0) is 17.7. The van der Waals surface area contributed by atoms with E-state index in [1.165, 1.54) is 0 Å². The summed E-state index contributed by atoms with van der Waals surface area (Å²) in [7, 11) is 1.80. The number of hydrogen-bond donors (Lipinski definition) is 3. The van der Waals surface area contributed by atoms with E-state index in [0.29, 0.717) is 0 Å². The third-order valence-corrected chi connectivity index (χ3v) is 3.86. The Morgan fingerprint density at radius 2 is 1.64 bits per heavy atom. The van der Waals surface area contributed by atoms with Crippen molar-refractivity contribution in [3.8, 4) is 6.07 Å². The standard InChI is InChI=1S/C16H30N4O2/c1-11(2)16(7,10-17)19-14(22)12(3)20(8)9-13(21)18-15(4,5)6/h11-12H,9H2,1-8H3,(H,18,21)(H,19,22)/p+1/t12-,16-/m0/s1. The van der Waals surface area contributed by atoms with Crippen molar-refractivity contribution in [1.29, 1.82) is 5.26 Å². The first kappa shape index (κ1) is 20.4. The first-order valence-electron chi connectivity index (χ1n) is 7.69. The summed E-state index contributed by atoms with van der Waals surface area (Å²) in [4.78, 5) is 25.0. The van der Waals surface area contributed by atoms with Gasteiger partial charge >= 0.3 is 0 Å². The second-order valence-electron chi connectivity index (χ2n) is 7.50. The predicted octanol–water partition coefficient (Wildman–Crippen LogP) is -0.141. The molecule has 0 fully saturated rings. The highest BCUT2D eigenvalue weighted by Gasteiger charge is 2.34. The maximum atomic E-state index is 12.3. The van der Waals surface area contributed by atoms with Gasteiger partial charge < -0.3 is 15.5 Å². The average Bonchev–Trinajstić information content (AvgIpc) is 2.34. The van der Waals surface area contributed by atoms with Crippen LogP contribution in [0.5, 0.6) is 0 Å². The minimum Gasteiger partial charge on any atom is -0.347 e. The highest BCUT2D eigenvalue weighted by Crippen LogP contribution is 2.14. The molecule has 1 unspecified atom stereocenters. The van der Waals surface area contributed by atoms with Crippen molar-refractivity contribution in [2.24, 2.45) is 5.92 Å². The van der Waals surface area contributed by atoms with E-state index in [0.717, 1.165) is 4.90 Å². The van der Waals surface area contributed by atoms with Crippen LogP contribution in [0.1, 0.15) is 48.5 Å². The van der Waals surface area contributed by atoms with Crippen molar-refractivity contribution in [1.82, 2.24) is 10.6 Å². The van der Waals surface area contributed by atoms with Gasteiger partial charge in [0.2, 0.25) is 0 Å². The molecule has 6 heteroatoms. The van der Waals surface area contributed by atoms with E-state index in [1.54, 1.807) is 20.9 Å². The molecule has 0 heterocycles. The van der Waals surface area contributed by atoms with Gasteiger partial charge in [0.25, 0.3) is 11.8 Å². The number of quaternary nitrogens is 1. The summed E-state index contributed by atoms with van der Waals surface area (Å²) in [5, 5.41) is 14.9. The zero-order valence-corrected chi connectivity index (χ0v) is 15.1. The van der Waals surface area contributed by atoms with E-state index in [1.807, 2.05) is 34.6 Å². The Morgan fingerprint density at radius 3 is 2.00 bits per heavy atom. The molecule has 0 aromatic carbocycles. The lowest BCUT2D eigenvalue weighted by Crippen LogP contribution is -3.15. The van der Waals surface area contributed by atoms with Crippen LogP contribution in [0.4, 0.5) is 0 Å². The van der Waals surface area contributed by atoms with E-state index in [2.05, 4.69) is 16.7 Å². The molecular formula is C16H31N4O2+. The Balaban J connectivity index is 4.70. The third-order valence-electron chi connectivity index (χ3n) is 3.86. The Bertz CT molecular complexity index is 448. The predicted molar refractivity (Wildman–Crippen MR) is 86.1 cm³/mol. The largest absolute Gasteiger partial charge is 0.347 e. The topological polar surface area (TPSA) is 86.4 Å². The second kappa shape index (κ2) is 7.59. The maximum Gasteiger partial charge on any atom is 0.279 e. The lowest BCUT2D eigenvalue weighted by molar-refractivity contribution is -0.886. The Morgan fingerprint density at radius 1 is 1.14 bits per heavy atom. The number of carbonyl (C=O) groups is 2. The van der Waals surface area contributed by atoms with Crippen LogP contribution in [-0.4, -0.2) is 42.5 Å². The highest BCUT2D eigenvalue weighted by molar-refractivity contribution is 5.82. The van der Waals surface area contributed by atoms with Crippen molar-refractivity contribution in [3.05, 3.63) is 0 Å². The lowest BCUT2D eigenvalue weighted by atomic mass is 9.90. The molecule has 0 spiro atoms. The van der Waals surface area contributed by atoms with Gasteiger partial charge in [0.15, 0.2) is 12.6 Å². The van der Waals surface area contributed by atoms with Gasteiger partial charge in [-0.1, -0.05) is 13.8 Å². The molecule has 0 rings (SSSR count). The molecule has 0 saturated heterocycles. The Hall–Kier alpha value is -1.61. The molecule has 0 aliphatic heterocycles. The van der Waals surface area contributed by atoms with Crippen LogP contribution in [0, 0.1) is 17.2 Å². The number of nitrogens with one attached hydrogen (secondary N) is 3. The van der Waals surface area contributed by atoms with E-state index >= 15 is 0 Å². The normalized spacial score (nSPS) is 17.1. The summed E-state index contributed by atoms with van der Waals surface area (Å²) in [5.41, 5.74) is -1.20. The van der Waals surface area contributed by atoms with Gasteiger partial charge in [0, 0.05) is 5.54 Å². The SMILES string of the molecule is CC(C)[C@](C)(C#N)NC(=O)[C@H](C)[NH+](C)CC(=O)NC(C)(C)C. The lowest BCUT2D eigenvalue weighted by Gasteiger charge is -2.30. The number of rotatable bonds is 6. The number of likely N-dealkylation sites (N-methyl/N-ethyl adjacent to an activating group) is 1. The quantitative estimate of drug-likeness (QED) is 0.638. The first-order valence-corrected chi connectivity index (χ1v) is 7.69. The van der Waals surface area contributed by atoms with Crippen LogP contribution < -0.4 is 15.5 Å². The van der Waals surface area contributed by atoms with Crippen molar-refractivity contribution >= 4 is 11.8 Å². The third kappa shape index (κ3) is 6.44. The van der Waals surface area contributed by atoms with Gasteiger partial charge in [-0.05, 0) is 40.5 Å².